The minimum atomic E-state index is -0.639. The van der Waals surface area contributed by atoms with Gasteiger partial charge in [0.25, 0.3) is 0 Å². The molecule has 0 atom stereocenters. The van der Waals surface area contributed by atoms with Crippen molar-refractivity contribution < 1.29 is 0 Å². The van der Waals surface area contributed by atoms with E-state index in [2.05, 4.69) is 165 Å². The number of hydrogen-bond acceptors (Lipinski definition) is 1. The van der Waals surface area contributed by atoms with Crippen LogP contribution >= 0.6 is 0 Å². The van der Waals surface area contributed by atoms with Crippen LogP contribution in [0.2, 0.25) is 0 Å². The Kier molecular flexibility index (Phi) is 9.12. The Hall–Kier alpha value is -3.89. The number of rotatable bonds is 7. The fraction of sp³-hybridized carbons (Fsp3) is 0.121. The van der Waals surface area contributed by atoms with Crippen LogP contribution in [0, 0.1) is 0 Å². The quantitative estimate of drug-likeness (QED) is 0.247. The fourth-order valence-electron chi connectivity index (χ4n) is 4.85. The Labute approximate surface area is 225 Å². The molecule has 184 valence electrons. The third kappa shape index (κ3) is 6.28. The Morgan fingerprint density at radius 3 is 1.57 bits per heavy atom. The number of allylic oxidation sites excluding steroid dienone is 2. The molecule has 0 aliphatic carbocycles. The molecule has 0 amide bonds. The first-order valence-electron chi connectivity index (χ1n) is 13.0. The van der Waals surface area contributed by atoms with E-state index >= 15 is 0 Å². The summed E-state index contributed by atoms with van der Waals surface area (Å²) in [7, 11) is 1.60. The van der Waals surface area contributed by atoms with Crippen LogP contribution in [0.25, 0.3) is 0 Å². The van der Waals surface area contributed by atoms with Gasteiger partial charge in [-0.2, -0.15) is 0 Å². The van der Waals surface area contributed by atoms with Crippen LogP contribution in [0.4, 0.5) is 0 Å². The standard InChI is InChI=1S/C20H22N2Si.C13H13B/c1-3-17(2)23-20(22-15-14-21-16-22,18-10-6-4-7-11-18)19-12-8-5-9-13-19;14-13(11-7-3-1-4-8-11)12-9-5-2-6-10-12/h3-16H,23H2,1-2H3;1-10,13H,14H2. The highest BCUT2D eigenvalue weighted by atomic mass is 28.2. The third-order valence-corrected chi connectivity index (χ3v) is 9.73. The average Bonchev–Trinajstić information content (AvgIpc) is 3.53. The molecule has 0 aliphatic heterocycles. The molecule has 0 fully saturated rings. The van der Waals surface area contributed by atoms with Crippen molar-refractivity contribution in [3.8, 4) is 0 Å². The second-order valence-electron chi connectivity index (χ2n) is 9.42. The minimum absolute atomic E-state index is 0.143. The Morgan fingerprint density at radius 1 is 0.757 bits per heavy atom. The molecule has 0 saturated carbocycles. The second-order valence-corrected chi connectivity index (χ2v) is 11.9. The maximum Gasteiger partial charge on any atom is 0.116 e. The number of hydrogen-bond donors (Lipinski definition) is 0. The lowest BCUT2D eigenvalue weighted by molar-refractivity contribution is 0.594. The largest absolute Gasteiger partial charge is 0.326 e. The van der Waals surface area contributed by atoms with Crippen molar-refractivity contribution >= 4 is 17.4 Å². The summed E-state index contributed by atoms with van der Waals surface area (Å²) in [5.74, 6) is 0.484. The monoisotopic (exact) mass is 498 g/mol. The van der Waals surface area contributed by atoms with Crippen LogP contribution in [0.5, 0.6) is 0 Å². The normalized spacial score (nSPS) is 11.9. The molecule has 0 aliphatic rings. The van der Waals surface area contributed by atoms with Crippen LogP contribution in [0.3, 0.4) is 0 Å². The van der Waals surface area contributed by atoms with Crippen molar-refractivity contribution in [3.05, 3.63) is 174 Å². The topological polar surface area (TPSA) is 17.8 Å². The van der Waals surface area contributed by atoms with Gasteiger partial charge in [0.05, 0.1) is 21.0 Å². The number of imidazole rings is 1. The summed E-state index contributed by atoms with van der Waals surface area (Å²) in [6.45, 7) is 4.39. The molecule has 0 spiro atoms. The first-order chi connectivity index (χ1) is 18.1. The molecule has 0 unspecified atom stereocenters. The predicted octanol–water partition coefficient (Wildman–Crippen LogP) is 6.13. The molecule has 4 aromatic carbocycles. The van der Waals surface area contributed by atoms with E-state index in [1.807, 2.05) is 12.5 Å². The molecular formula is C33H35BN2Si. The van der Waals surface area contributed by atoms with Crippen LogP contribution in [0.15, 0.2) is 151 Å². The van der Waals surface area contributed by atoms with Crippen molar-refractivity contribution in [2.75, 3.05) is 0 Å². The first-order valence-corrected chi connectivity index (χ1v) is 14.4. The molecule has 37 heavy (non-hydrogen) atoms. The molecule has 4 heteroatoms. The lowest BCUT2D eigenvalue weighted by Gasteiger charge is -2.37. The molecule has 0 radical (unpaired) electrons. The van der Waals surface area contributed by atoms with E-state index in [-0.39, 0.29) is 5.16 Å². The highest BCUT2D eigenvalue weighted by Gasteiger charge is 2.36. The number of nitrogens with zero attached hydrogens (tertiary/aromatic N) is 2. The molecular weight excluding hydrogens is 463 g/mol. The second kappa shape index (κ2) is 12.9. The van der Waals surface area contributed by atoms with Gasteiger partial charge in [-0.05, 0) is 41.9 Å². The summed E-state index contributed by atoms with van der Waals surface area (Å²) in [5.41, 5.74) is 5.41. The fourth-order valence-corrected chi connectivity index (χ4v) is 7.11. The van der Waals surface area contributed by atoms with Gasteiger partial charge in [-0.3, -0.25) is 0 Å². The van der Waals surface area contributed by atoms with E-state index in [1.165, 1.54) is 27.5 Å². The van der Waals surface area contributed by atoms with E-state index in [9.17, 15) is 0 Å². The lowest BCUT2D eigenvalue weighted by atomic mass is 9.76. The van der Waals surface area contributed by atoms with Gasteiger partial charge in [-0.25, -0.2) is 4.98 Å². The Bertz CT molecular complexity index is 1270. The van der Waals surface area contributed by atoms with Gasteiger partial charge < -0.3 is 4.57 Å². The smallest absolute Gasteiger partial charge is 0.116 e. The average molecular weight is 499 g/mol. The van der Waals surface area contributed by atoms with Crippen molar-refractivity contribution in [1.82, 2.24) is 9.55 Å². The van der Waals surface area contributed by atoms with Gasteiger partial charge in [-0.1, -0.05) is 133 Å². The van der Waals surface area contributed by atoms with Crippen LogP contribution < -0.4 is 0 Å². The summed E-state index contributed by atoms with van der Waals surface area (Å²) in [4.78, 5) is 4.34. The summed E-state index contributed by atoms with van der Waals surface area (Å²) in [6, 6.07) is 42.8. The zero-order chi connectivity index (χ0) is 25.9. The van der Waals surface area contributed by atoms with Gasteiger partial charge in [-0.15, -0.1) is 0 Å². The number of aromatic nitrogens is 2. The van der Waals surface area contributed by atoms with Gasteiger partial charge in [0, 0.05) is 12.4 Å². The van der Waals surface area contributed by atoms with Crippen LogP contribution in [0.1, 0.15) is 41.9 Å². The maximum absolute atomic E-state index is 4.34. The van der Waals surface area contributed by atoms with Gasteiger partial charge >= 0.3 is 0 Å². The predicted molar refractivity (Wildman–Crippen MR) is 163 cm³/mol. The molecule has 5 aromatic rings. The highest BCUT2D eigenvalue weighted by Crippen LogP contribution is 2.34. The molecule has 1 aromatic heterocycles. The molecule has 0 saturated heterocycles. The zero-order valence-corrected chi connectivity index (χ0v) is 23.4. The molecule has 1 heterocycles. The Balaban J connectivity index is 0.000000195. The third-order valence-electron chi connectivity index (χ3n) is 7.07. The SMILES string of the molecule is BC(c1ccccc1)c1ccccc1.CC=C(C)[SiH2]C(c1ccccc1)(c1ccccc1)n1ccnc1. The van der Waals surface area contributed by atoms with Crippen molar-refractivity contribution in [2.45, 2.75) is 24.8 Å². The van der Waals surface area contributed by atoms with Gasteiger partial charge in [0.15, 0.2) is 0 Å². The number of benzene rings is 4. The molecule has 0 bridgehead atoms. The molecule has 2 nitrogen and oxygen atoms in total. The summed E-state index contributed by atoms with van der Waals surface area (Å²) in [5, 5.41) is 1.35. The molecule has 0 N–H and O–H groups in total. The highest BCUT2D eigenvalue weighted by molar-refractivity contribution is 6.50. The summed E-state index contributed by atoms with van der Waals surface area (Å²) < 4.78 is 2.29. The maximum atomic E-state index is 4.34. The van der Waals surface area contributed by atoms with Crippen molar-refractivity contribution in [3.63, 3.8) is 0 Å². The van der Waals surface area contributed by atoms with E-state index < -0.39 is 9.52 Å². The summed E-state index contributed by atoms with van der Waals surface area (Å²) >= 11 is 0. The van der Waals surface area contributed by atoms with Crippen molar-refractivity contribution in [1.29, 1.82) is 0 Å². The van der Waals surface area contributed by atoms with E-state index in [1.54, 1.807) is 0 Å². The molecule has 5 rings (SSSR count). The van der Waals surface area contributed by atoms with E-state index in [0.29, 0.717) is 5.82 Å². The lowest BCUT2D eigenvalue weighted by Crippen LogP contribution is -2.42. The van der Waals surface area contributed by atoms with Gasteiger partial charge in [0.2, 0.25) is 0 Å². The summed E-state index contributed by atoms with van der Waals surface area (Å²) in [6.07, 6.45) is 8.18. The minimum Gasteiger partial charge on any atom is -0.326 e. The van der Waals surface area contributed by atoms with E-state index in [4.69, 9.17) is 0 Å². The zero-order valence-electron chi connectivity index (χ0n) is 22.0. The first kappa shape index (κ1) is 26.2. The van der Waals surface area contributed by atoms with Gasteiger partial charge in [0.1, 0.15) is 7.85 Å². The van der Waals surface area contributed by atoms with Crippen molar-refractivity contribution in [2.24, 2.45) is 0 Å². The van der Waals surface area contributed by atoms with E-state index in [0.717, 1.165) is 0 Å². The Morgan fingerprint density at radius 2 is 1.19 bits per heavy atom. The van der Waals surface area contributed by atoms with Crippen LogP contribution in [-0.2, 0) is 5.16 Å². The van der Waals surface area contributed by atoms with Crippen LogP contribution in [-0.4, -0.2) is 26.9 Å².